The summed E-state index contributed by atoms with van der Waals surface area (Å²) in [5.74, 6) is -3.08. The van der Waals surface area contributed by atoms with Gasteiger partial charge in [-0.2, -0.15) is 0 Å². The zero-order valence-electron chi connectivity index (χ0n) is 11.3. The number of carboxylic acid groups (broad SMARTS) is 1. The van der Waals surface area contributed by atoms with Crippen molar-refractivity contribution in [2.24, 2.45) is 11.8 Å². The molecule has 0 unspecified atom stereocenters. The van der Waals surface area contributed by atoms with Crippen molar-refractivity contribution in [3.05, 3.63) is 34.4 Å². The number of nitro groups is 1. The van der Waals surface area contributed by atoms with Crippen molar-refractivity contribution < 1.29 is 19.6 Å². The summed E-state index contributed by atoms with van der Waals surface area (Å²) < 4.78 is 0. The number of anilines is 1. The number of benzene rings is 1. The SMILES string of the molecule is O=C(Nc1cccc([N+](=O)[O-])c1)[C@H]1CCCC[C@H]1C(=O)[O-]. The topological polar surface area (TPSA) is 112 Å². The Morgan fingerprint density at radius 3 is 2.48 bits per heavy atom. The van der Waals surface area contributed by atoms with Gasteiger partial charge in [0.1, 0.15) is 0 Å². The Morgan fingerprint density at radius 1 is 1.19 bits per heavy atom. The van der Waals surface area contributed by atoms with Gasteiger partial charge in [0.2, 0.25) is 5.91 Å². The lowest BCUT2D eigenvalue weighted by atomic mass is 9.78. The van der Waals surface area contributed by atoms with Crippen molar-refractivity contribution >= 4 is 23.3 Å². The normalized spacial score (nSPS) is 21.5. The van der Waals surface area contributed by atoms with Gasteiger partial charge in [-0.1, -0.05) is 18.9 Å². The third-order valence-corrected chi connectivity index (χ3v) is 3.73. The molecule has 1 aromatic carbocycles. The highest BCUT2D eigenvalue weighted by Crippen LogP contribution is 2.31. The maximum atomic E-state index is 12.2. The third kappa shape index (κ3) is 3.56. The van der Waals surface area contributed by atoms with Crippen molar-refractivity contribution in [1.82, 2.24) is 0 Å². The fraction of sp³-hybridized carbons (Fsp3) is 0.429. The van der Waals surface area contributed by atoms with Gasteiger partial charge in [-0.15, -0.1) is 0 Å². The Labute approximate surface area is 121 Å². The number of non-ortho nitro benzene ring substituents is 1. The maximum Gasteiger partial charge on any atom is 0.271 e. The smallest absolute Gasteiger partial charge is 0.271 e. The average molecular weight is 291 g/mol. The summed E-state index contributed by atoms with van der Waals surface area (Å²) in [7, 11) is 0. The maximum absolute atomic E-state index is 12.2. The van der Waals surface area contributed by atoms with E-state index in [9.17, 15) is 24.8 Å². The van der Waals surface area contributed by atoms with Gasteiger partial charge in [0.05, 0.1) is 4.92 Å². The largest absolute Gasteiger partial charge is 0.550 e. The molecule has 0 bridgehead atoms. The highest BCUT2D eigenvalue weighted by atomic mass is 16.6. The summed E-state index contributed by atoms with van der Waals surface area (Å²) in [4.78, 5) is 33.4. The van der Waals surface area contributed by atoms with E-state index < -0.39 is 28.6 Å². The molecular formula is C14H15N2O5-. The molecule has 7 nitrogen and oxygen atoms in total. The second-order valence-corrected chi connectivity index (χ2v) is 5.11. The van der Waals surface area contributed by atoms with Crippen LogP contribution < -0.4 is 10.4 Å². The minimum Gasteiger partial charge on any atom is -0.550 e. The van der Waals surface area contributed by atoms with Crippen LogP contribution in [-0.2, 0) is 9.59 Å². The van der Waals surface area contributed by atoms with Crippen LogP contribution in [0.3, 0.4) is 0 Å². The average Bonchev–Trinajstić information content (AvgIpc) is 2.47. The monoisotopic (exact) mass is 291 g/mol. The Balaban J connectivity index is 2.11. The van der Waals surface area contributed by atoms with Crippen LogP contribution in [0.4, 0.5) is 11.4 Å². The number of amides is 1. The summed E-state index contributed by atoms with van der Waals surface area (Å²) >= 11 is 0. The molecular weight excluding hydrogens is 276 g/mol. The van der Waals surface area contributed by atoms with Crippen molar-refractivity contribution in [3.63, 3.8) is 0 Å². The van der Waals surface area contributed by atoms with Crippen LogP contribution in [0, 0.1) is 22.0 Å². The molecule has 1 N–H and O–H groups in total. The lowest BCUT2D eigenvalue weighted by Gasteiger charge is -2.31. The number of nitrogens with one attached hydrogen (secondary N) is 1. The number of nitrogens with zero attached hydrogens (tertiary/aromatic N) is 1. The predicted molar refractivity (Wildman–Crippen MR) is 72.2 cm³/mol. The minimum absolute atomic E-state index is 0.132. The minimum atomic E-state index is -1.21. The van der Waals surface area contributed by atoms with Gasteiger partial charge in [0.15, 0.2) is 0 Å². The van der Waals surface area contributed by atoms with Crippen LogP contribution in [0.5, 0.6) is 0 Å². The molecule has 7 heteroatoms. The third-order valence-electron chi connectivity index (χ3n) is 3.73. The van der Waals surface area contributed by atoms with Crippen molar-refractivity contribution in [3.8, 4) is 0 Å². The second-order valence-electron chi connectivity index (χ2n) is 5.11. The van der Waals surface area contributed by atoms with Gasteiger partial charge in [-0.25, -0.2) is 0 Å². The number of aliphatic carboxylic acids is 1. The first kappa shape index (κ1) is 15.0. The molecule has 0 heterocycles. The number of rotatable bonds is 4. The van der Waals surface area contributed by atoms with E-state index in [-0.39, 0.29) is 11.4 Å². The first-order valence-electron chi connectivity index (χ1n) is 6.75. The van der Waals surface area contributed by atoms with Crippen LogP contribution >= 0.6 is 0 Å². The van der Waals surface area contributed by atoms with Crippen molar-refractivity contribution in [2.75, 3.05) is 5.32 Å². The van der Waals surface area contributed by atoms with Crippen LogP contribution in [-0.4, -0.2) is 16.8 Å². The van der Waals surface area contributed by atoms with Gasteiger partial charge in [-0.05, 0) is 18.9 Å². The highest BCUT2D eigenvalue weighted by Gasteiger charge is 2.31. The van der Waals surface area contributed by atoms with Crippen molar-refractivity contribution in [1.29, 1.82) is 0 Å². The zero-order valence-corrected chi connectivity index (χ0v) is 11.3. The predicted octanol–water partition coefficient (Wildman–Crippen LogP) is 1.09. The second kappa shape index (κ2) is 6.34. The fourth-order valence-corrected chi connectivity index (χ4v) is 2.66. The van der Waals surface area contributed by atoms with Crippen LogP contribution in [0.15, 0.2) is 24.3 Å². The molecule has 0 aliphatic heterocycles. The molecule has 21 heavy (non-hydrogen) atoms. The fourth-order valence-electron chi connectivity index (χ4n) is 2.66. The molecule has 2 atom stereocenters. The molecule has 0 aromatic heterocycles. The molecule has 0 spiro atoms. The van der Waals surface area contributed by atoms with Gasteiger partial charge in [0, 0.05) is 35.6 Å². The summed E-state index contributed by atoms with van der Waals surface area (Å²) in [6, 6.07) is 5.56. The van der Waals surface area contributed by atoms with Crippen LogP contribution in [0.25, 0.3) is 0 Å². The number of hydrogen-bond donors (Lipinski definition) is 1. The van der Waals surface area contributed by atoms with E-state index in [4.69, 9.17) is 0 Å². The number of carbonyl (C=O) groups is 2. The summed E-state index contributed by atoms with van der Waals surface area (Å²) in [6.45, 7) is 0. The van der Waals surface area contributed by atoms with E-state index >= 15 is 0 Å². The van der Waals surface area contributed by atoms with Gasteiger partial charge >= 0.3 is 0 Å². The van der Waals surface area contributed by atoms with E-state index in [1.165, 1.54) is 24.3 Å². The molecule has 1 aliphatic rings. The Morgan fingerprint density at radius 2 is 1.86 bits per heavy atom. The Bertz CT molecular complexity index is 572. The summed E-state index contributed by atoms with van der Waals surface area (Å²) in [6.07, 6.45) is 2.46. The van der Waals surface area contributed by atoms with Crippen LogP contribution in [0.2, 0.25) is 0 Å². The zero-order chi connectivity index (χ0) is 15.4. The number of carboxylic acids is 1. The van der Waals surface area contributed by atoms with Gasteiger partial charge in [-0.3, -0.25) is 14.9 Å². The molecule has 0 saturated heterocycles. The molecule has 1 aromatic rings. The first-order chi connectivity index (χ1) is 9.99. The van der Waals surface area contributed by atoms with E-state index in [1.807, 2.05) is 0 Å². The molecule has 1 aliphatic carbocycles. The Kier molecular flexibility index (Phi) is 4.52. The van der Waals surface area contributed by atoms with E-state index in [1.54, 1.807) is 0 Å². The van der Waals surface area contributed by atoms with Crippen LogP contribution in [0.1, 0.15) is 25.7 Å². The van der Waals surface area contributed by atoms with Crippen molar-refractivity contribution in [2.45, 2.75) is 25.7 Å². The highest BCUT2D eigenvalue weighted by molar-refractivity contribution is 5.95. The standard InChI is InChI=1S/C14H16N2O5/c17-13(11-6-1-2-7-12(11)14(18)19)15-9-4-3-5-10(8-9)16(20)21/h3-5,8,11-12H,1-2,6-7H2,(H,15,17)(H,18,19)/p-1/t11-,12+/m0/s1. The summed E-state index contributed by atoms with van der Waals surface area (Å²) in [5.41, 5.74) is 0.157. The van der Waals surface area contributed by atoms with Gasteiger partial charge in [0.25, 0.3) is 5.69 Å². The molecule has 1 saturated carbocycles. The number of carbonyl (C=O) groups excluding carboxylic acids is 2. The number of hydrogen-bond acceptors (Lipinski definition) is 5. The van der Waals surface area contributed by atoms with E-state index in [0.717, 1.165) is 12.8 Å². The molecule has 2 rings (SSSR count). The number of nitro benzene ring substituents is 1. The van der Waals surface area contributed by atoms with E-state index in [2.05, 4.69) is 5.32 Å². The molecule has 1 fully saturated rings. The molecule has 1 amide bonds. The lowest BCUT2D eigenvalue weighted by molar-refractivity contribution is -0.384. The summed E-state index contributed by atoms with van der Waals surface area (Å²) in [5, 5.41) is 24.3. The van der Waals surface area contributed by atoms with E-state index in [0.29, 0.717) is 12.8 Å². The molecule has 0 radical (unpaired) electrons. The molecule has 112 valence electrons. The van der Waals surface area contributed by atoms with Gasteiger partial charge < -0.3 is 15.2 Å². The lowest BCUT2D eigenvalue weighted by Crippen LogP contribution is -2.42. The first-order valence-corrected chi connectivity index (χ1v) is 6.75. The quantitative estimate of drug-likeness (QED) is 0.659. The Hall–Kier alpha value is -2.44.